The number of aliphatic hydroxyl groups excluding tert-OH is 1. The average Bonchev–Trinajstić information content (AvgIpc) is 2.03. The van der Waals surface area contributed by atoms with Crippen LogP contribution >= 0.6 is 0 Å². The summed E-state index contributed by atoms with van der Waals surface area (Å²) in [7, 11) is 0. The molecule has 1 rings (SSSR count). The lowest BCUT2D eigenvalue weighted by atomic mass is 10.0. The van der Waals surface area contributed by atoms with Gasteiger partial charge >= 0.3 is 6.09 Å². The van der Waals surface area contributed by atoms with E-state index in [9.17, 15) is 4.79 Å². The molecule has 1 aliphatic rings. The first kappa shape index (κ1) is 10.3. The molecule has 1 N–H and O–H groups in total. The minimum absolute atomic E-state index is 0.165. The molecule has 0 saturated carbocycles. The van der Waals surface area contributed by atoms with Gasteiger partial charge in [0.1, 0.15) is 0 Å². The minimum Gasteiger partial charge on any atom is -0.449 e. The summed E-state index contributed by atoms with van der Waals surface area (Å²) in [5.74, 6) is 0.263. The first-order valence-corrected chi connectivity index (χ1v) is 4.80. The molecule has 0 spiro atoms. The maximum atomic E-state index is 11.2. The van der Waals surface area contributed by atoms with E-state index in [0.29, 0.717) is 19.7 Å². The summed E-state index contributed by atoms with van der Waals surface area (Å²) in [4.78, 5) is 12.8. The molecule has 0 bridgehead atoms. The molecule has 1 heterocycles. The van der Waals surface area contributed by atoms with Gasteiger partial charge in [-0.25, -0.2) is 4.79 Å². The molecule has 0 aliphatic carbocycles. The van der Waals surface area contributed by atoms with Crippen molar-refractivity contribution in [3.8, 4) is 0 Å². The van der Waals surface area contributed by atoms with Crippen LogP contribution in [0.4, 0.5) is 4.79 Å². The van der Waals surface area contributed by atoms with Crippen LogP contribution in [0, 0.1) is 5.92 Å². The third kappa shape index (κ3) is 2.88. The Hall–Kier alpha value is -0.770. The van der Waals surface area contributed by atoms with E-state index < -0.39 is 0 Å². The van der Waals surface area contributed by atoms with E-state index in [1.54, 1.807) is 4.90 Å². The van der Waals surface area contributed by atoms with Crippen molar-refractivity contribution in [3.05, 3.63) is 0 Å². The number of carbonyl (C=O) groups excluding carboxylic acids is 1. The number of aliphatic hydroxyl groups is 1. The Morgan fingerprint density at radius 2 is 2.31 bits per heavy atom. The van der Waals surface area contributed by atoms with E-state index in [-0.39, 0.29) is 18.6 Å². The minimum atomic E-state index is -0.238. The predicted octanol–water partition coefficient (Wildman–Crippen LogP) is 0.847. The zero-order valence-electron chi connectivity index (χ0n) is 8.03. The van der Waals surface area contributed by atoms with Crippen LogP contribution in [0.3, 0.4) is 0 Å². The standard InChI is InChI=1S/C9H17NO3/c1-2-3-4-13-9(12)10-5-8(6-10)7-11/h8,11H,2-7H2,1H3. The van der Waals surface area contributed by atoms with Crippen LogP contribution in [-0.4, -0.2) is 42.4 Å². The molecule has 1 saturated heterocycles. The van der Waals surface area contributed by atoms with Crippen LogP contribution in [-0.2, 0) is 4.74 Å². The fourth-order valence-corrected chi connectivity index (χ4v) is 1.23. The average molecular weight is 187 g/mol. The Balaban J connectivity index is 2.05. The second-order valence-electron chi connectivity index (χ2n) is 3.42. The normalized spacial score (nSPS) is 16.9. The summed E-state index contributed by atoms with van der Waals surface area (Å²) < 4.78 is 4.98. The van der Waals surface area contributed by atoms with Crippen LogP contribution in [0.2, 0.25) is 0 Å². The molecule has 0 atom stereocenters. The molecule has 0 aromatic carbocycles. The Bertz CT molecular complexity index is 166. The van der Waals surface area contributed by atoms with E-state index >= 15 is 0 Å². The number of hydrogen-bond donors (Lipinski definition) is 1. The van der Waals surface area contributed by atoms with Crippen LogP contribution in [0.25, 0.3) is 0 Å². The number of nitrogens with zero attached hydrogens (tertiary/aromatic N) is 1. The maximum Gasteiger partial charge on any atom is 0.409 e. The van der Waals surface area contributed by atoms with Crippen molar-refractivity contribution < 1.29 is 14.6 Å². The Kier molecular flexibility index (Phi) is 4.02. The van der Waals surface area contributed by atoms with Gasteiger partial charge in [-0.1, -0.05) is 13.3 Å². The number of ether oxygens (including phenoxy) is 1. The van der Waals surface area contributed by atoms with Crippen LogP contribution < -0.4 is 0 Å². The molecule has 0 aromatic heterocycles. The van der Waals surface area contributed by atoms with Gasteiger partial charge in [-0.3, -0.25) is 0 Å². The van der Waals surface area contributed by atoms with Gasteiger partial charge in [-0.05, 0) is 6.42 Å². The molecule has 1 amide bonds. The Morgan fingerprint density at radius 1 is 1.62 bits per heavy atom. The molecule has 0 unspecified atom stereocenters. The quantitative estimate of drug-likeness (QED) is 0.664. The second kappa shape index (κ2) is 5.07. The lowest BCUT2D eigenvalue weighted by molar-refractivity contribution is 0.0330. The van der Waals surface area contributed by atoms with Gasteiger partial charge in [-0.2, -0.15) is 0 Å². The van der Waals surface area contributed by atoms with E-state index in [1.165, 1.54) is 0 Å². The van der Waals surface area contributed by atoms with Gasteiger partial charge in [0.2, 0.25) is 0 Å². The number of carbonyl (C=O) groups is 1. The fourth-order valence-electron chi connectivity index (χ4n) is 1.23. The molecule has 4 heteroatoms. The van der Waals surface area contributed by atoms with Crippen LogP contribution in [0.1, 0.15) is 19.8 Å². The molecule has 13 heavy (non-hydrogen) atoms. The maximum absolute atomic E-state index is 11.2. The van der Waals surface area contributed by atoms with Crippen molar-refractivity contribution in [2.24, 2.45) is 5.92 Å². The molecule has 1 fully saturated rings. The summed E-state index contributed by atoms with van der Waals surface area (Å²) in [6.45, 7) is 4.01. The smallest absolute Gasteiger partial charge is 0.409 e. The Labute approximate surface area is 78.5 Å². The van der Waals surface area contributed by atoms with Crippen molar-refractivity contribution >= 4 is 6.09 Å². The summed E-state index contributed by atoms with van der Waals surface area (Å²) in [6, 6.07) is 0. The van der Waals surface area contributed by atoms with Crippen molar-refractivity contribution in [1.29, 1.82) is 0 Å². The van der Waals surface area contributed by atoms with Gasteiger partial charge in [0.05, 0.1) is 6.61 Å². The topological polar surface area (TPSA) is 49.8 Å². The SMILES string of the molecule is CCCCOC(=O)N1CC(CO)C1. The Morgan fingerprint density at radius 3 is 2.85 bits per heavy atom. The van der Waals surface area contributed by atoms with Crippen molar-refractivity contribution in [1.82, 2.24) is 4.90 Å². The van der Waals surface area contributed by atoms with E-state index in [0.717, 1.165) is 12.8 Å². The zero-order chi connectivity index (χ0) is 9.68. The monoisotopic (exact) mass is 187 g/mol. The largest absolute Gasteiger partial charge is 0.449 e. The highest BCUT2D eigenvalue weighted by molar-refractivity contribution is 5.68. The molecular formula is C9H17NO3. The van der Waals surface area contributed by atoms with E-state index in [2.05, 4.69) is 6.92 Å². The predicted molar refractivity (Wildman–Crippen MR) is 48.4 cm³/mol. The van der Waals surface area contributed by atoms with Crippen molar-refractivity contribution in [2.45, 2.75) is 19.8 Å². The highest BCUT2D eigenvalue weighted by atomic mass is 16.6. The fraction of sp³-hybridized carbons (Fsp3) is 0.889. The number of likely N-dealkylation sites (tertiary alicyclic amines) is 1. The first-order chi connectivity index (χ1) is 6.27. The van der Waals surface area contributed by atoms with Crippen LogP contribution in [0.15, 0.2) is 0 Å². The highest BCUT2D eigenvalue weighted by Gasteiger charge is 2.30. The van der Waals surface area contributed by atoms with Gasteiger partial charge in [0.25, 0.3) is 0 Å². The van der Waals surface area contributed by atoms with Crippen LogP contribution in [0.5, 0.6) is 0 Å². The second-order valence-corrected chi connectivity index (χ2v) is 3.42. The zero-order valence-corrected chi connectivity index (χ0v) is 8.03. The number of unbranched alkanes of at least 4 members (excludes halogenated alkanes) is 1. The third-order valence-electron chi connectivity index (χ3n) is 2.20. The van der Waals surface area contributed by atoms with Crippen molar-refractivity contribution in [2.75, 3.05) is 26.3 Å². The molecule has 0 aromatic rings. The summed E-state index contributed by atoms with van der Waals surface area (Å²) >= 11 is 0. The molecule has 1 aliphatic heterocycles. The van der Waals surface area contributed by atoms with Gasteiger partial charge in [-0.15, -0.1) is 0 Å². The van der Waals surface area contributed by atoms with Crippen molar-refractivity contribution in [3.63, 3.8) is 0 Å². The summed E-state index contributed by atoms with van der Waals surface area (Å²) in [5, 5.41) is 8.72. The molecule has 4 nitrogen and oxygen atoms in total. The summed E-state index contributed by atoms with van der Waals surface area (Å²) in [6.07, 6.45) is 1.72. The molecular weight excluding hydrogens is 170 g/mol. The number of amides is 1. The lowest BCUT2D eigenvalue weighted by Crippen LogP contribution is -2.51. The first-order valence-electron chi connectivity index (χ1n) is 4.80. The highest BCUT2D eigenvalue weighted by Crippen LogP contribution is 2.15. The van der Waals surface area contributed by atoms with Gasteiger partial charge in [0.15, 0.2) is 0 Å². The third-order valence-corrected chi connectivity index (χ3v) is 2.20. The van der Waals surface area contributed by atoms with E-state index in [1.807, 2.05) is 0 Å². The number of rotatable bonds is 4. The lowest BCUT2D eigenvalue weighted by Gasteiger charge is -2.37. The molecule has 0 radical (unpaired) electrons. The number of hydrogen-bond acceptors (Lipinski definition) is 3. The summed E-state index contributed by atoms with van der Waals surface area (Å²) in [5.41, 5.74) is 0. The van der Waals surface area contributed by atoms with Gasteiger partial charge in [0, 0.05) is 25.6 Å². The molecule has 76 valence electrons. The van der Waals surface area contributed by atoms with E-state index in [4.69, 9.17) is 9.84 Å². The van der Waals surface area contributed by atoms with Gasteiger partial charge < -0.3 is 14.7 Å².